The molecule has 1 saturated heterocycles. The molecule has 3 aromatic rings. The molecule has 0 radical (unpaired) electrons. The molecule has 1 fully saturated rings. The predicted molar refractivity (Wildman–Crippen MR) is 99.8 cm³/mol. The van der Waals surface area contributed by atoms with Crippen molar-refractivity contribution in [3.8, 4) is 0 Å². The first-order valence-corrected chi connectivity index (χ1v) is 8.72. The van der Waals surface area contributed by atoms with Gasteiger partial charge in [-0.3, -0.25) is 4.79 Å². The molecule has 1 aliphatic heterocycles. The first kappa shape index (κ1) is 15.7. The highest BCUT2D eigenvalue weighted by Gasteiger charge is 2.22. The molecule has 2 aromatic carbocycles. The summed E-state index contributed by atoms with van der Waals surface area (Å²) in [6, 6.07) is 16.2. The maximum absolute atomic E-state index is 12.5. The molecule has 1 aliphatic rings. The molecule has 0 aliphatic carbocycles. The van der Waals surface area contributed by atoms with Crippen molar-refractivity contribution in [3.63, 3.8) is 0 Å². The number of nitrogens with one attached hydrogen (secondary N) is 1. The van der Waals surface area contributed by atoms with Gasteiger partial charge in [-0.05, 0) is 24.6 Å². The molecule has 1 aromatic heterocycles. The Kier molecular flexibility index (Phi) is 4.14. The van der Waals surface area contributed by atoms with E-state index in [0.717, 1.165) is 48.7 Å². The van der Waals surface area contributed by atoms with Gasteiger partial charge in [0.05, 0.1) is 17.5 Å². The second kappa shape index (κ2) is 6.59. The van der Waals surface area contributed by atoms with E-state index in [4.69, 9.17) is 0 Å². The Morgan fingerprint density at radius 1 is 1.04 bits per heavy atom. The minimum atomic E-state index is 0.202. The largest absolute Gasteiger partial charge is 0.339 e. The predicted octanol–water partition coefficient (Wildman–Crippen LogP) is 2.76. The number of piperazine rings is 1. The smallest absolute Gasteiger partial charge is 0.227 e. The van der Waals surface area contributed by atoms with Crippen molar-refractivity contribution in [2.45, 2.75) is 13.3 Å². The molecule has 2 heterocycles. The fraction of sp³-hybridized carbons (Fsp3) is 0.300. The van der Waals surface area contributed by atoms with E-state index in [1.54, 1.807) is 0 Å². The maximum Gasteiger partial charge on any atom is 0.227 e. The average Bonchev–Trinajstić information content (AvgIpc) is 3.08. The summed E-state index contributed by atoms with van der Waals surface area (Å²) < 4.78 is 0. The lowest BCUT2D eigenvalue weighted by Crippen LogP contribution is -2.49. The SMILES string of the molecule is Cc1ccc(CC(=O)N2CCN(c3nc4ccccc4[nH]3)CC2)cc1. The Bertz CT molecular complexity index is 843. The number of carbonyl (C=O) groups excluding carboxylic acids is 1. The molecular weight excluding hydrogens is 312 g/mol. The summed E-state index contributed by atoms with van der Waals surface area (Å²) in [6.07, 6.45) is 0.477. The molecule has 0 bridgehead atoms. The summed E-state index contributed by atoms with van der Waals surface area (Å²) >= 11 is 0. The topological polar surface area (TPSA) is 52.2 Å². The first-order valence-electron chi connectivity index (χ1n) is 8.72. The lowest BCUT2D eigenvalue weighted by molar-refractivity contribution is -0.130. The van der Waals surface area contributed by atoms with E-state index in [0.29, 0.717) is 6.42 Å². The highest BCUT2D eigenvalue weighted by molar-refractivity contribution is 5.79. The van der Waals surface area contributed by atoms with Gasteiger partial charge in [0.2, 0.25) is 11.9 Å². The van der Waals surface area contributed by atoms with E-state index in [9.17, 15) is 4.79 Å². The van der Waals surface area contributed by atoms with Gasteiger partial charge in [-0.25, -0.2) is 4.98 Å². The fourth-order valence-corrected chi connectivity index (χ4v) is 3.25. The number of imidazole rings is 1. The van der Waals surface area contributed by atoms with Crippen molar-refractivity contribution in [2.75, 3.05) is 31.1 Å². The van der Waals surface area contributed by atoms with Crippen LogP contribution in [0.4, 0.5) is 5.95 Å². The molecule has 0 spiro atoms. The van der Waals surface area contributed by atoms with Gasteiger partial charge in [-0.1, -0.05) is 42.0 Å². The van der Waals surface area contributed by atoms with Crippen LogP contribution in [0.5, 0.6) is 0 Å². The van der Waals surface area contributed by atoms with Gasteiger partial charge in [0.15, 0.2) is 0 Å². The number of amides is 1. The van der Waals surface area contributed by atoms with Crippen LogP contribution >= 0.6 is 0 Å². The van der Waals surface area contributed by atoms with Crippen molar-refractivity contribution in [1.82, 2.24) is 14.9 Å². The Morgan fingerprint density at radius 3 is 2.48 bits per heavy atom. The third-order valence-corrected chi connectivity index (χ3v) is 4.78. The summed E-state index contributed by atoms with van der Waals surface area (Å²) in [5.41, 5.74) is 4.33. The number of aromatic amines is 1. The summed E-state index contributed by atoms with van der Waals surface area (Å²) in [5, 5.41) is 0. The Hall–Kier alpha value is -2.82. The number of rotatable bonds is 3. The molecule has 1 amide bonds. The summed E-state index contributed by atoms with van der Waals surface area (Å²) in [6.45, 7) is 5.14. The van der Waals surface area contributed by atoms with Crippen molar-refractivity contribution in [3.05, 3.63) is 59.7 Å². The van der Waals surface area contributed by atoms with Gasteiger partial charge in [-0.15, -0.1) is 0 Å². The quantitative estimate of drug-likeness (QED) is 0.801. The lowest BCUT2D eigenvalue weighted by atomic mass is 10.1. The van der Waals surface area contributed by atoms with E-state index >= 15 is 0 Å². The second-order valence-corrected chi connectivity index (χ2v) is 6.61. The van der Waals surface area contributed by atoms with Crippen LogP contribution in [0.15, 0.2) is 48.5 Å². The van der Waals surface area contributed by atoms with Crippen molar-refractivity contribution < 1.29 is 4.79 Å². The Labute approximate surface area is 147 Å². The van der Waals surface area contributed by atoms with Crippen molar-refractivity contribution in [1.29, 1.82) is 0 Å². The maximum atomic E-state index is 12.5. The van der Waals surface area contributed by atoms with E-state index in [2.05, 4.69) is 33.9 Å². The first-order chi connectivity index (χ1) is 12.2. The number of hydrogen-bond donors (Lipinski definition) is 1. The Balaban J connectivity index is 1.37. The summed E-state index contributed by atoms with van der Waals surface area (Å²) in [4.78, 5) is 24.7. The van der Waals surface area contributed by atoms with Crippen LogP contribution in [-0.4, -0.2) is 47.0 Å². The average molecular weight is 334 g/mol. The van der Waals surface area contributed by atoms with Crippen LogP contribution in [0.1, 0.15) is 11.1 Å². The fourth-order valence-electron chi connectivity index (χ4n) is 3.25. The van der Waals surface area contributed by atoms with E-state index < -0.39 is 0 Å². The van der Waals surface area contributed by atoms with Gasteiger partial charge in [0.25, 0.3) is 0 Å². The zero-order valence-corrected chi connectivity index (χ0v) is 14.4. The van der Waals surface area contributed by atoms with Gasteiger partial charge < -0.3 is 14.8 Å². The van der Waals surface area contributed by atoms with Crippen LogP contribution in [0.3, 0.4) is 0 Å². The van der Waals surface area contributed by atoms with E-state index in [-0.39, 0.29) is 5.91 Å². The molecule has 0 saturated carbocycles. The van der Waals surface area contributed by atoms with Gasteiger partial charge in [0, 0.05) is 26.2 Å². The third kappa shape index (κ3) is 3.36. The zero-order chi connectivity index (χ0) is 17.2. The number of nitrogens with zero attached hydrogens (tertiary/aromatic N) is 3. The molecule has 25 heavy (non-hydrogen) atoms. The number of anilines is 1. The van der Waals surface area contributed by atoms with Crippen LogP contribution < -0.4 is 4.90 Å². The highest BCUT2D eigenvalue weighted by atomic mass is 16.2. The van der Waals surface area contributed by atoms with Crippen LogP contribution in [-0.2, 0) is 11.2 Å². The van der Waals surface area contributed by atoms with E-state index in [1.165, 1.54) is 5.56 Å². The van der Waals surface area contributed by atoms with E-state index in [1.807, 2.05) is 41.3 Å². The number of aromatic nitrogens is 2. The standard InChI is InChI=1S/C20H22N4O/c1-15-6-8-16(9-7-15)14-19(25)23-10-12-24(13-11-23)20-21-17-4-2-3-5-18(17)22-20/h2-9H,10-14H2,1H3,(H,21,22). The van der Waals surface area contributed by atoms with Crippen LogP contribution in [0, 0.1) is 6.92 Å². The van der Waals surface area contributed by atoms with Crippen LogP contribution in [0.2, 0.25) is 0 Å². The second-order valence-electron chi connectivity index (χ2n) is 6.61. The number of aryl methyl sites for hydroxylation is 1. The van der Waals surface area contributed by atoms with Gasteiger partial charge in [-0.2, -0.15) is 0 Å². The summed E-state index contributed by atoms with van der Waals surface area (Å²) in [5.74, 6) is 1.10. The minimum absolute atomic E-state index is 0.202. The number of H-pyrrole nitrogens is 1. The molecule has 1 N–H and O–H groups in total. The molecular formula is C20H22N4O. The van der Waals surface area contributed by atoms with Gasteiger partial charge in [0.1, 0.15) is 0 Å². The van der Waals surface area contributed by atoms with Crippen LogP contribution in [0.25, 0.3) is 11.0 Å². The lowest BCUT2D eigenvalue weighted by Gasteiger charge is -2.34. The molecule has 5 nitrogen and oxygen atoms in total. The molecule has 128 valence electrons. The number of carbonyl (C=O) groups is 1. The minimum Gasteiger partial charge on any atom is -0.339 e. The normalized spacial score (nSPS) is 14.9. The third-order valence-electron chi connectivity index (χ3n) is 4.78. The molecule has 0 atom stereocenters. The van der Waals surface area contributed by atoms with Crippen molar-refractivity contribution in [2.24, 2.45) is 0 Å². The highest BCUT2D eigenvalue weighted by Crippen LogP contribution is 2.18. The number of fused-ring (bicyclic) bond motifs is 1. The molecule has 5 heteroatoms. The molecule has 4 rings (SSSR count). The number of para-hydroxylation sites is 2. The molecule has 0 unspecified atom stereocenters. The number of hydrogen-bond acceptors (Lipinski definition) is 3. The Morgan fingerprint density at radius 2 is 1.76 bits per heavy atom. The zero-order valence-electron chi connectivity index (χ0n) is 14.4. The van der Waals surface area contributed by atoms with Gasteiger partial charge >= 0.3 is 0 Å². The summed E-state index contributed by atoms with van der Waals surface area (Å²) in [7, 11) is 0. The number of benzene rings is 2. The monoisotopic (exact) mass is 334 g/mol. The van der Waals surface area contributed by atoms with Crippen molar-refractivity contribution >= 4 is 22.9 Å².